The Hall–Kier alpha value is -1.57. The normalized spacial score (nSPS) is 20.1. The molecule has 1 heterocycles. The van der Waals surface area contributed by atoms with Crippen molar-refractivity contribution in [1.29, 1.82) is 5.26 Å². The Kier molecular flexibility index (Phi) is 5.40. The summed E-state index contributed by atoms with van der Waals surface area (Å²) in [5, 5.41) is 18.5. The zero-order valence-electron chi connectivity index (χ0n) is 12.0. The van der Waals surface area contributed by atoms with E-state index in [-0.39, 0.29) is 12.6 Å². The number of nitriles is 1. The Morgan fingerprint density at radius 3 is 2.95 bits per heavy atom. The van der Waals surface area contributed by atoms with E-state index in [0.29, 0.717) is 11.3 Å². The number of rotatable bonds is 4. The van der Waals surface area contributed by atoms with Crippen LogP contribution in [0.25, 0.3) is 0 Å². The molecule has 0 amide bonds. The third-order valence-corrected chi connectivity index (χ3v) is 3.98. The molecule has 1 unspecified atom stereocenters. The largest absolute Gasteiger partial charge is 0.495 e. The predicted octanol–water partition coefficient (Wildman–Crippen LogP) is 2.30. The van der Waals surface area contributed by atoms with Crippen LogP contribution >= 0.6 is 0 Å². The maximum Gasteiger partial charge on any atom is 0.136 e. The molecule has 1 aromatic rings. The molecule has 2 rings (SSSR count). The third-order valence-electron chi connectivity index (χ3n) is 3.98. The van der Waals surface area contributed by atoms with Gasteiger partial charge in [0.2, 0.25) is 0 Å². The van der Waals surface area contributed by atoms with Gasteiger partial charge < -0.3 is 9.84 Å². The van der Waals surface area contributed by atoms with Gasteiger partial charge in [0.15, 0.2) is 0 Å². The van der Waals surface area contributed by atoms with Crippen LogP contribution in [0.2, 0.25) is 0 Å². The van der Waals surface area contributed by atoms with Crippen molar-refractivity contribution in [3.8, 4) is 11.8 Å². The first-order valence-corrected chi connectivity index (χ1v) is 7.20. The number of likely N-dealkylation sites (tertiary alicyclic amines) is 1. The molecule has 0 saturated carbocycles. The van der Waals surface area contributed by atoms with E-state index in [9.17, 15) is 5.11 Å². The van der Waals surface area contributed by atoms with Crippen molar-refractivity contribution < 1.29 is 9.84 Å². The fraction of sp³-hybridized carbons (Fsp3) is 0.562. The Balaban J connectivity index is 2.13. The van der Waals surface area contributed by atoms with Gasteiger partial charge in [0, 0.05) is 12.6 Å². The Bertz CT molecular complexity index is 482. The van der Waals surface area contributed by atoms with Gasteiger partial charge in [-0.25, -0.2) is 0 Å². The van der Waals surface area contributed by atoms with Gasteiger partial charge in [-0.15, -0.1) is 0 Å². The highest BCUT2D eigenvalue weighted by atomic mass is 16.5. The van der Waals surface area contributed by atoms with Gasteiger partial charge in [-0.1, -0.05) is 18.9 Å². The van der Waals surface area contributed by atoms with Gasteiger partial charge in [-0.05, 0) is 37.1 Å². The van der Waals surface area contributed by atoms with Crippen LogP contribution in [-0.4, -0.2) is 36.3 Å². The van der Waals surface area contributed by atoms with Gasteiger partial charge >= 0.3 is 0 Å². The van der Waals surface area contributed by atoms with E-state index < -0.39 is 0 Å². The lowest BCUT2D eigenvalue weighted by Crippen LogP contribution is -2.36. The van der Waals surface area contributed by atoms with Crippen LogP contribution in [0.5, 0.6) is 5.75 Å². The number of methoxy groups -OCH3 is 1. The fourth-order valence-electron chi connectivity index (χ4n) is 2.81. The van der Waals surface area contributed by atoms with E-state index in [1.807, 2.05) is 12.1 Å². The molecular weight excluding hydrogens is 252 g/mol. The lowest BCUT2D eigenvalue weighted by Gasteiger charge is -2.28. The summed E-state index contributed by atoms with van der Waals surface area (Å²) < 4.78 is 5.25. The molecule has 1 aromatic carbocycles. The average molecular weight is 274 g/mol. The van der Waals surface area contributed by atoms with Crippen LogP contribution in [0.3, 0.4) is 0 Å². The molecule has 20 heavy (non-hydrogen) atoms. The minimum absolute atomic E-state index is 0.216. The lowest BCUT2D eigenvalue weighted by atomic mass is 10.1. The number of ether oxygens (including phenoxy) is 1. The van der Waals surface area contributed by atoms with Crippen LogP contribution in [0, 0.1) is 11.3 Å². The van der Waals surface area contributed by atoms with Gasteiger partial charge in [0.25, 0.3) is 0 Å². The Labute approximate surface area is 120 Å². The Morgan fingerprint density at radius 1 is 1.40 bits per heavy atom. The fourth-order valence-corrected chi connectivity index (χ4v) is 2.81. The van der Waals surface area contributed by atoms with Crippen LogP contribution in [0.4, 0.5) is 0 Å². The summed E-state index contributed by atoms with van der Waals surface area (Å²) in [6.45, 7) is 2.04. The molecular formula is C16H22N2O2. The number of nitrogens with zero attached hydrogens (tertiary/aromatic N) is 2. The predicted molar refractivity (Wildman–Crippen MR) is 77.5 cm³/mol. The summed E-state index contributed by atoms with van der Waals surface area (Å²) >= 11 is 0. The summed E-state index contributed by atoms with van der Waals surface area (Å²) in [6, 6.07) is 8.08. The maximum absolute atomic E-state index is 9.54. The quantitative estimate of drug-likeness (QED) is 0.915. The molecule has 0 aliphatic carbocycles. The molecule has 1 aliphatic heterocycles. The molecule has 1 N–H and O–H groups in total. The van der Waals surface area contributed by atoms with Crippen molar-refractivity contribution in [2.75, 3.05) is 20.3 Å². The lowest BCUT2D eigenvalue weighted by molar-refractivity contribution is 0.118. The SMILES string of the molecule is COc1cc(CN2CCCCCC2CO)ccc1C#N. The first-order chi connectivity index (χ1) is 9.78. The van der Waals surface area contributed by atoms with Crippen molar-refractivity contribution >= 4 is 0 Å². The molecule has 1 atom stereocenters. The standard InChI is InChI=1S/C16H22N2O2/c1-20-16-9-13(6-7-14(16)10-17)11-18-8-4-2-3-5-15(18)12-19/h6-7,9,15,19H,2-5,8,11-12H2,1H3. The second-order valence-corrected chi connectivity index (χ2v) is 5.30. The van der Waals surface area contributed by atoms with E-state index in [2.05, 4.69) is 11.0 Å². The van der Waals surface area contributed by atoms with Gasteiger partial charge in [-0.3, -0.25) is 4.90 Å². The number of hydrogen-bond donors (Lipinski definition) is 1. The van der Waals surface area contributed by atoms with Crippen LogP contribution in [0.15, 0.2) is 18.2 Å². The summed E-state index contributed by atoms with van der Waals surface area (Å²) in [7, 11) is 1.59. The van der Waals surface area contributed by atoms with Crippen molar-refractivity contribution in [1.82, 2.24) is 4.90 Å². The van der Waals surface area contributed by atoms with Gasteiger partial charge in [-0.2, -0.15) is 5.26 Å². The van der Waals surface area contributed by atoms with Crippen molar-refractivity contribution in [2.45, 2.75) is 38.3 Å². The first-order valence-electron chi connectivity index (χ1n) is 7.20. The van der Waals surface area contributed by atoms with E-state index in [1.165, 1.54) is 19.3 Å². The third kappa shape index (κ3) is 3.50. The molecule has 4 nitrogen and oxygen atoms in total. The molecule has 1 fully saturated rings. The molecule has 1 aliphatic rings. The van der Waals surface area contributed by atoms with E-state index in [4.69, 9.17) is 10.00 Å². The molecule has 108 valence electrons. The van der Waals surface area contributed by atoms with E-state index in [0.717, 1.165) is 25.1 Å². The number of aliphatic hydroxyl groups excluding tert-OH is 1. The second-order valence-electron chi connectivity index (χ2n) is 5.30. The smallest absolute Gasteiger partial charge is 0.136 e. The van der Waals surface area contributed by atoms with Crippen molar-refractivity contribution in [3.63, 3.8) is 0 Å². The zero-order chi connectivity index (χ0) is 14.4. The van der Waals surface area contributed by atoms with E-state index in [1.54, 1.807) is 13.2 Å². The molecule has 4 heteroatoms. The monoisotopic (exact) mass is 274 g/mol. The summed E-state index contributed by atoms with van der Waals surface area (Å²) in [5.74, 6) is 0.625. The summed E-state index contributed by atoms with van der Waals surface area (Å²) in [6.07, 6.45) is 4.68. The highest BCUT2D eigenvalue weighted by Gasteiger charge is 2.20. The maximum atomic E-state index is 9.54. The molecule has 0 spiro atoms. The van der Waals surface area contributed by atoms with E-state index >= 15 is 0 Å². The topological polar surface area (TPSA) is 56.5 Å². The molecule has 0 bridgehead atoms. The minimum atomic E-state index is 0.216. The minimum Gasteiger partial charge on any atom is -0.495 e. The van der Waals surface area contributed by atoms with Crippen molar-refractivity contribution in [3.05, 3.63) is 29.3 Å². The molecule has 0 aromatic heterocycles. The first kappa shape index (κ1) is 14.8. The summed E-state index contributed by atoms with van der Waals surface area (Å²) in [5.41, 5.74) is 1.69. The number of benzene rings is 1. The van der Waals surface area contributed by atoms with Crippen LogP contribution in [0.1, 0.15) is 36.8 Å². The average Bonchev–Trinajstić information content (AvgIpc) is 2.72. The highest BCUT2D eigenvalue weighted by molar-refractivity contribution is 5.45. The zero-order valence-corrected chi connectivity index (χ0v) is 12.0. The Morgan fingerprint density at radius 2 is 2.25 bits per heavy atom. The molecule has 0 radical (unpaired) electrons. The van der Waals surface area contributed by atoms with Crippen LogP contribution < -0.4 is 4.74 Å². The second kappa shape index (κ2) is 7.28. The van der Waals surface area contributed by atoms with Crippen LogP contribution in [-0.2, 0) is 6.54 Å². The van der Waals surface area contributed by atoms with Gasteiger partial charge in [0.05, 0.1) is 19.3 Å². The number of aliphatic hydroxyl groups is 1. The molecule has 1 saturated heterocycles. The number of hydrogen-bond acceptors (Lipinski definition) is 4. The van der Waals surface area contributed by atoms with Gasteiger partial charge in [0.1, 0.15) is 11.8 Å². The van der Waals surface area contributed by atoms with Crippen molar-refractivity contribution in [2.24, 2.45) is 0 Å². The summed E-state index contributed by atoms with van der Waals surface area (Å²) in [4.78, 5) is 2.34. The highest BCUT2D eigenvalue weighted by Crippen LogP contribution is 2.23.